The highest BCUT2D eigenvalue weighted by atomic mass is 35.5. The summed E-state index contributed by atoms with van der Waals surface area (Å²) in [6.07, 6.45) is 0.772. The number of amides is 1. The van der Waals surface area contributed by atoms with Gasteiger partial charge in [-0.3, -0.25) is 4.79 Å². The van der Waals surface area contributed by atoms with E-state index in [0.717, 1.165) is 17.7 Å². The molecule has 1 atom stereocenters. The van der Waals surface area contributed by atoms with Crippen LogP contribution in [0.15, 0.2) is 12.1 Å². The summed E-state index contributed by atoms with van der Waals surface area (Å²) >= 11 is 12.3. The van der Waals surface area contributed by atoms with Gasteiger partial charge in [-0.25, -0.2) is 0 Å². The molecular weight excluding hydrogens is 281 g/mol. The third kappa shape index (κ3) is 2.25. The van der Waals surface area contributed by atoms with Gasteiger partial charge in [0, 0.05) is 7.05 Å². The zero-order chi connectivity index (χ0) is 14.6. The lowest BCUT2D eigenvalue weighted by Gasteiger charge is -2.31. The summed E-state index contributed by atoms with van der Waals surface area (Å²) in [7, 11) is 1.76. The van der Waals surface area contributed by atoms with E-state index < -0.39 is 5.41 Å². The highest BCUT2D eigenvalue weighted by Gasteiger charge is 2.48. The number of carbonyl (C=O) groups excluding carboxylic acids is 1. The van der Waals surface area contributed by atoms with Gasteiger partial charge < -0.3 is 4.90 Å². The molecule has 19 heavy (non-hydrogen) atoms. The van der Waals surface area contributed by atoms with Gasteiger partial charge in [0.2, 0.25) is 5.91 Å². The van der Waals surface area contributed by atoms with Gasteiger partial charge in [0.25, 0.3) is 0 Å². The van der Waals surface area contributed by atoms with E-state index >= 15 is 0 Å². The molecule has 4 heteroatoms. The van der Waals surface area contributed by atoms with E-state index in [2.05, 4.69) is 20.8 Å². The lowest BCUT2D eigenvalue weighted by atomic mass is 9.71. The normalized spacial score (nSPS) is 22.9. The Bertz CT molecular complexity index is 548. The minimum absolute atomic E-state index is 0.0545. The van der Waals surface area contributed by atoms with Gasteiger partial charge in [0.15, 0.2) is 0 Å². The third-order valence-corrected chi connectivity index (χ3v) is 4.45. The number of benzene rings is 1. The first-order valence-electron chi connectivity index (χ1n) is 6.34. The van der Waals surface area contributed by atoms with Gasteiger partial charge in [-0.1, -0.05) is 50.0 Å². The lowest BCUT2D eigenvalue weighted by Crippen LogP contribution is -2.38. The van der Waals surface area contributed by atoms with Crippen LogP contribution in [0.2, 0.25) is 10.0 Å². The monoisotopic (exact) mass is 299 g/mol. The van der Waals surface area contributed by atoms with Crippen LogP contribution in [-0.2, 0) is 10.2 Å². The zero-order valence-electron chi connectivity index (χ0n) is 12.0. The van der Waals surface area contributed by atoms with Crippen LogP contribution in [0.4, 0.5) is 5.69 Å². The molecule has 0 N–H and O–H groups in total. The predicted molar refractivity (Wildman–Crippen MR) is 81.3 cm³/mol. The molecule has 0 saturated heterocycles. The van der Waals surface area contributed by atoms with Crippen LogP contribution in [0.1, 0.15) is 39.7 Å². The van der Waals surface area contributed by atoms with Gasteiger partial charge in [-0.2, -0.15) is 0 Å². The summed E-state index contributed by atoms with van der Waals surface area (Å²) in [5.74, 6) is 0.0848. The summed E-state index contributed by atoms with van der Waals surface area (Å²) in [6.45, 7) is 8.41. The molecule has 1 aromatic carbocycles. The predicted octanol–water partition coefficient (Wildman–Crippen LogP) is 4.66. The van der Waals surface area contributed by atoms with Gasteiger partial charge in [0.05, 0.1) is 21.1 Å². The quantitative estimate of drug-likeness (QED) is 0.738. The minimum Gasteiger partial charge on any atom is -0.313 e. The van der Waals surface area contributed by atoms with Crippen LogP contribution in [0, 0.1) is 5.41 Å². The average molecular weight is 300 g/mol. The zero-order valence-corrected chi connectivity index (χ0v) is 13.5. The average Bonchev–Trinajstić information content (AvgIpc) is 2.44. The Hall–Kier alpha value is -0.730. The Kier molecular flexibility index (Phi) is 3.39. The summed E-state index contributed by atoms with van der Waals surface area (Å²) in [6, 6.07) is 3.70. The van der Waals surface area contributed by atoms with E-state index in [1.807, 2.05) is 13.0 Å². The second-order valence-electron chi connectivity index (χ2n) is 6.69. The van der Waals surface area contributed by atoms with Crippen molar-refractivity contribution in [1.82, 2.24) is 0 Å². The van der Waals surface area contributed by atoms with Crippen molar-refractivity contribution in [3.63, 3.8) is 0 Å². The van der Waals surface area contributed by atoms with E-state index in [-0.39, 0.29) is 11.3 Å². The number of fused-ring (bicyclic) bond motifs is 1. The van der Waals surface area contributed by atoms with Crippen LogP contribution < -0.4 is 4.90 Å². The second-order valence-corrected chi connectivity index (χ2v) is 7.48. The number of carbonyl (C=O) groups is 1. The summed E-state index contributed by atoms with van der Waals surface area (Å²) in [5, 5.41) is 0.952. The first-order chi connectivity index (χ1) is 8.58. The number of nitrogens with zero attached hydrogens (tertiary/aromatic N) is 1. The molecule has 0 saturated carbocycles. The Morgan fingerprint density at radius 2 is 1.84 bits per heavy atom. The molecule has 0 fully saturated rings. The summed E-state index contributed by atoms with van der Waals surface area (Å²) < 4.78 is 0. The SMILES string of the molecule is CN1C(=O)C(C)(CC(C)(C)C)c2ccc(Cl)c(Cl)c21. The van der Waals surface area contributed by atoms with Gasteiger partial charge in [0.1, 0.15) is 0 Å². The molecule has 104 valence electrons. The van der Waals surface area contributed by atoms with Crippen molar-refractivity contribution >= 4 is 34.8 Å². The van der Waals surface area contributed by atoms with E-state index in [0.29, 0.717) is 10.0 Å². The molecular formula is C15H19Cl2NO. The molecule has 0 aliphatic carbocycles. The Balaban J connectivity index is 2.63. The number of halogens is 2. The summed E-state index contributed by atoms with van der Waals surface area (Å²) in [5.41, 5.74) is 1.26. The maximum Gasteiger partial charge on any atom is 0.237 e. The van der Waals surface area contributed by atoms with Crippen molar-refractivity contribution in [2.75, 3.05) is 11.9 Å². The largest absolute Gasteiger partial charge is 0.313 e. The van der Waals surface area contributed by atoms with Gasteiger partial charge in [-0.05, 0) is 30.4 Å². The fraction of sp³-hybridized carbons (Fsp3) is 0.533. The van der Waals surface area contributed by atoms with Crippen molar-refractivity contribution in [2.45, 2.75) is 39.5 Å². The Morgan fingerprint density at radius 1 is 1.26 bits per heavy atom. The standard InChI is InChI=1S/C15H19Cl2NO/c1-14(2,3)8-15(4)9-6-7-10(16)11(17)12(9)18(5)13(15)19/h6-7H,8H2,1-5H3. The number of hydrogen-bond donors (Lipinski definition) is 0. The maximum absolute atomic E-state index is 12.6. The molecule has 2 nitrogen and oxygen atoms in total. The smallest absolute Gasteiger partial charge is 0.237 e. The molecule has 1 unspecified atom stereocenters. The van der Waals surface area contributed by atoms with Crippen LogP contribution in [0.3, 0.4) is 0 Å². The van der Waals surface area contributed by atoms with Crippen LogP contribution in [-0.4, -0.2) is 13.0 Å². The van der Waals surface area contributed by atoms with E-state index in [1.54, 1.807) is 18.0 Å². The number of rotatable bonds is 1. The first-order valence-corrected chi connectivity index (χ1v) is 7.10. The number of hydrogen-bond acceptors (Lipinski definition) is 1. The second kappa shape index (κ2) is 4.39. The molecule has 0 aromatic heterocycles. The van der Waals surface area contributed by atoms with Crippen LogP contribution >= 0.6 is 23.2 Å². The number of likely N-dealkylation sites (N-methyl/N-ethyl adjacent to an activating group) is 1. The van der Waals surface area contributed by atoms with Crippen molar-refractivity contribution in [2.24, 2.45) is 5.41 Å². The number of anilines is 1. The summed E-state index contributed by atoms with van der Waals surface area (Å²) in [4.78, 5) is 14.3. The highest BCUT2D eigenvalue weighted by molar-refractivity contribution is 6.44. The fourth-order valence-electron chi connectivity index (χ4n) is 3.13. The van der Waals surface area contributed by atoms with Crippen molar-refractivity contribution in [3.8, 4) is 0 Å². The Morgan fingerprint density at radius 3 is 2.37 bits per heavy atom. The molecule has 0 bridgehead atoms. The molecule has 0 spiro atoms. The molecule has 1 aliphatic heterocycles. The molecule has 1 aromatic rings. The van der Waals surface area contributed by atoms with Gasteiger partial charge in [-0.15, -0.1) is 0 Å². The lowest BCUT2D eigenvalue weighted by molar-refractivity contribution is -0.123. The van der Waals surface area contributed by atoms with Crippen molar-refractivity contribution in [1.29, 1.82) is 0 Å². The van der Waals surface area contributed by atoms with Crippen LogP contribution in [0.5, 0.6) is 0 Å². The topological polar surface area (TPSA) is 20.3 Å². The van der Waals surface area contributed by atoms with Crippen molar-refractivity contribution in [3.05, 3.63) is 27.7 Å². The minimum atomic E-state index is -0.531. The third-order valence-electron chi connectivity index (χ3n) is 3.66. The molecule has 0 radical (unpaired) electrons. The van der Waals surface area contributed by atoms with E-state index in [1.165, 1.54) is 0 Å². The molecule has 1 amide bonds. The first kappa shape index (κ1) is 14.7. The molecule has 2 rings (SSSR count). The van der Waals surface area contributed by atoms with Crippen LogP contribution in [0.25, 0.3) is 0 Å². The van der Waals surface area contributed by atoms with E-state index in [9.17, 15) is 4.79 Å². The highest BCUT2D eigenvalue weighted by Crippen LogP contribution is 2.51. The van der Waals surface area contributed by atoms with Crippen molar-refractivity contribution < 1.29 is 4.79 Å². The Labute approximate surface area is 124 Å². The fourth-order valence-corrected chi connectivity index (χ4v) is 3.58. The van der Waals surface area contributed by atoms with Gasteiger partial charge >= 0.3 is 0 Å². The maximum atomic E-state index is 12.6. The molecule has 1 aliphatic rings. The van der Waals surface area contributed by atoms with E-state index in [4.69, 9.17) is 23.2 Å². The molecule has 1 heterocycles.